The van der Waals surface area contributed by atoms with Gasteiger partial charge in [0, 0.05) is 28.6 Å². The number of rotatable bonds is 4. The summed E-state index contributed by atoms with van der Waals surface area (Å²) in [6, 6.07) is 7.72. The van der Waals surface area contributed by atoms with E-state index in [4.69, 9.17) is 14.7 Å². The molecule has 2 bridgehead atoms. The van der Waals surface area contributed by atoms with Gasteiger partial charge in [0.15, 0.2) is 5.82 Å². The van der Waals surface area contributed by atoms with E-state index in [9.17, 15) is 4.39 Å². The highest BCUT2D eigenvalue weighted by atomic mass is 19.1. The van der Waals surface area contributed by atoms with Gasteiger partial charge in [-0.25, -0.2) is 19.3 Å². The molecule has 7 rings (SSSR count). The fourth-order valence-corrected chi connectivity index (χ4v) is 5.79. The van der Waals surface area contributed by atoms with Gasteiger partial charge < -0.3 is 15.0 Å². The number of halogens is 1. The van der Waals surface area contributed by atoms with Gasteiger partial charge >= 0.3 is 0 Å². The van der Waals surface area contributed by atoms with E-state index in [-0.39, 0.29) is 5.82 Å². The van der Waals surface area contributed by atoms with Crippen molar-refractivity contribution in [1.29, 1.82) is 0 Å². The van der Waals surface area contributed by atoms with E-state index in [0.717, 1.165) is 34.0 Å². The van der Waals surface area contributed by atoms with Crippen molar-refractivity contribution in [1.82, 2.24) is 19.9 Å². The lowest BCUT2D eigenvalue weighted by atomic mass is 9.62. The van der Waals surface area contributed by atoms with Crippen LogP contribution in [0.15, 0.2) is 36.7 Å². The van der Waals surface area contributed by atoms with Gasteiger partial charge in [0.25, 0.3) is 0 Å². The molecule has 0 radical (unpaired) electrons. The molecule has 3 heterocycles. The first-order valence-corrected chi connectivity index (χ1v) is 11.4. The van der Waals surface area contributed by atoms with Gasteiger partial charge in [-0.15, -0.1) is 0 Å². The number of aromatic amines is 1. The Morgan fingerprint density at radius 2 is 1.88 bits per heavy atom. The Bertz CT molecular complexity index is 1310. The van der Waals surface area contributed by atoms with Crippen molar-refractivity contribution in [2.45, 2.75) is 38.6 Å². The average molecular weight is 432 g/mol. The van der Waals surface area contributed by atoms with Crippen LogP contribution < -0.4 is 10.1 Å². The zero-order valence-electron chi connectivity index (χ0n) is 18.2. The van der Waals surface area contributed by atoms with Crippen molar-refractivity contribution < 1.29 is 9.13 Å². The predicted molar refractivity (Wildman–Crippen MR) is 123 cm³/mol. The summed E-state index contributed by atoms with van der Waals surface area (Å²) >= 11 is 0. The highest BCUT2D eigenvalue weighted by Gasteiger charge is 2.41. The zero-order chi connectivity index (χ0) is 21.8. The summed E-state index contributed by atoms with van der Waals surface area (Å²) in [5, 5.41) is 5.42. The van der Waals surface area contributed by atoms with Crippen LogP contribution in [0.5, 0.6) is 5.75 Å². The second-order valence-corrected chi connectivity index (χ2v) is 9.24. The van der Waals surface area contributed by atoms with Crippen molar-refractivity contribution in [3.63, 3.8) is 0 Å². The first kappa shape index (κ1) is 19.5. The van der Waals surface area contributed by atoms with E-state index in [2.05, 4.69) is 22.2 Å². The first-order valence-electron chi connectivity index (χ1n) is 11.4. The summed E-state index contributed by atoms with van der Waals surface area (Å²) in [5.74, 6) is 3.81. The highest BCUT2D eigenvalue weighted by Crippen LogP contribution is 2.46. The summed E-state index contributed by atoms with van der Waals surface area (Å²) < 4.78 is 19.4. The van der Waals surface area contributed by atoms with Crippen molar-refractivity contribution in [2.24, 2.45) is 17.8 Å². The number of methoxy groups -OCH3 is 1. The molecule has 3 fully saturated rings. The van der Waals surface area contributed by atoms with Crippen LogP contribution in [-0.4, -0.2) is 33.1 Å². The van der Waals surface area contributed by atoms with E-state index < -0.39 is 0 Å². The van der Waals surface area contributed by atoms with Gasteiger partial charge in [-0.2, -0.15) is 0 Å². The van der Waals surface area contributed by atoms with E-state index in [1.54, 1.807) is 13.3 Å². The number of anilines is 1. The van der Waals surface area contributed by atoms with Gasteiger partial charge in [0.1, 0.15) is 23.0 Å². The number of hydrogen-bond acceptors (Lipinski definition) is 5. The fourth-order valence-electron chi connectivity index (χ4n) is 5.79. The number of nitrogens with one attached hydrogen (secondary N) is 2. The molecular weight excluding hydrogens is 405 g/mol. The average Bonchev–Trinajstić information content (AvgIpc) is 3.24. The largest absolute Gasteiger partial charge is 0.497 e. The number of fused-ring (bicyclic) bond motifs is 5. The molecule has 0 spiro atoms. The molecule has 32 heavy (non-hydrogen) atoms. The predicted octanol–water partition coefficient (Wildman–Crippen LogP) is 5.56. The first-order chi connectivity index (χ1) is 15.6. The molecule has 7 heteroatoms. The van der Waals surface area contributed by atoms with Crippen molar-refractivity contribution in [3.05, 3.63) is 42.5 Å². The number of aromatic nitrogens is 4. The second kappa shape index (κ2) is 7.43. The molecule has 0 amide bonds. The number of nitrogens with zero attached hydrogens (tertiary/aromatic N) is 3. The number of pyridine rings is 1. The van der Waals surface area contributed by atoms with Crippen LogP contribution in [0, 0.1) is 23.6 Å². The fraction of sp³-hybridized carbons (Fsp3) is 0.400. The molecule has 3 aliphatic rings. The van der Waals surface area contributed by atoms with E-state index in [1.807, 2.05) is 18.2 Å². The van der Waals surface area contributed by atoms with E-state index in [0.29, 0.717) is 34.7 Å². The molecular formula is C25H26FN5O. The second-order valence-electron chi connectivity index (χ2n) is 9.24. The molecule has 2 atom stereocenters. The third-order valence-corrected chi connectivity index (χ3v) is 7.58. The number of ether oxygens (including phenoxy) is 1. The Kier molecular flexibility index (Phi) is 4.52. The topological polar surface area (TPSA) is 75.7 Å². The molecule has 0 saturated heterocycles. The number of hydrogen-bond donors (Lipinski definition) is 2. The van der Waals surface area contributed by atoms with Gasteiger partial charge in [-0.05, 0) is 67.7 Å². The smallest absolute Gasteiger partial charge is 0.164 e. The summed E-state index contributed by atoms with van der Waals surface area (Å²) in [4.78, 5) is 17.0. The maximum atomic E-state index is 13.9. The molecule has 2 N–H and O–H groups in total. The van der Waals surface area contributed by atoms with Gasteiger partial charge in [-0.1, -0.05) is 6.92 Å². The molecule has 164 valence electrons. The summed E-state index contributed by atoms with van der Waals surface area (Å²) in [5.41, 5.74) is 2.18. The Morgan fingerprint density at radius 3 is 2.66 bits per heavy atom. The van der Waals surface area contributed by atoms with Crippen molar-refractivity contribution >= 4 is 27.8 Å². The maximum Gasteiger partial charge on any atom is 0.164 e. The molecule has 3 saturated carbocycles. The minimum absolute atomic E-state index is 0.380. The minimum Gasteiger partial charge on any atom is -0.497 e. The minimum atomic E-state index is -0.380. The quantitative estimate of drug-likeness (QED) is 0.443. The Balaban J connectivity index is 1.50. The van der Waals surface area contributed by atoms with E-state index >= 15 is 0 Å². The van der Waals surface area contributed by atoms with Crippen LogP contribution in [-0.2, 0) is 0 Å². The standard InChI is InChI=1S/C25H26FN5O/c1-13-14-3-5-15(6-4-14)22(13)30-24-19-10-17(32-2)7-8-21(19)29-25(31-24)20-12-28-23-18(20)9-16(26)11-27-23/h7-15,22H,3-6H2,1-2H3,(H,27,28)(H,29,30,31). The lowest BCUT2D eigenvalue weighted by Gasteiger charge is -2.47. The van der Waals surface area contributed by atoms with Crippen LogP contribution in [0.3, 0.4) is 0 Å². The van der Waals surface area contributed by atoms with Crippen LogP contribution in [0.25, 0.3) is 33.3 Å². The monoisotopic (exact) mass is 431 g/mol. The Hall–Kier alpha value is -3.22. The highest BCUT2D eigenvalue weighted by molar-refractivity contribution is 5.96. The molecule has 2 unspecified atom stereocenters. The Morgan fingerprint density at radius 1 is 1.06 bits per heavy atom. The molecule has 0 aliphatic heterocycles. The summed E-state index contributed by atoms with van der Waals surface area (Å²) in [6.45, 7) is 2.37. The molecule has 3 aliphatic carbocycles. The molecule has 1 aromatic carbocycles. The van der Waals surface area contributed by atoms with Crippen LogP contribution in [0.4, 0.5) is 10.2 Å². The zero-order valence-corrected chi connectivity index (χ0v) is 18.2. The lowest BCUT2D eigenvalue weighted by molar-refractivity contribution is 0.0929. The normalized spacial score (nSPS) is 24.8. The van der Waals surface area contributed by atoms with Gasteiger partial charge in [-0.3, -0.25) is 0 Å². The number of benzene rings is 1. The van der Waals surface area contributed by atoms with Crippen LogP contribution in [0.1, 0.15) is 32.6 Å². The summed E-state index contributed by atoms with van der Waals surface area (Å²) in [7, 11) is 1.67. The summed E-state index contributed by atoms with van der Waals surface area (Å²) in [6.07, 6.45) is 8.24. The number of H-pyrrole nitrogens is 1. The van der Waals surface area contributed by atoms with Crippen LogP contribution >= 0.6 is 0 Å². The SMILES string of the molecule is COc1ccc2nc(-c3c[nH]c4ncc(F)cc34)nc(NC3C4CCC(CC4)C3C)c2c1. The van der Waals surface area contributed by atoms with Crippen molar-refractivity contribution in [3.8, 4) is 17.1 Å². The Labute approximate surface area is 185 Å². The van der Waals surface area contributed by atoms with Gasteiger partial charge in [0.2, 0.25) is 0 Å². The lowest BCUT2D eigenvalue weighted by Crippen LogP contribution is -2.47. The molecule has 6 nitrogen and oxygen atoms in total. The molecule has 3 aromatic heterocycles. The van der Waals surface area contributed by atoms with Gasteiger partial charge in [0.05, 0.1) is 18.8 Å². The third kappa shape index (κ3) is 3.10. The van der Waals surface area contributed by atoms with Crippen molar-refractivity contribution in [2.75, 3.05) is 12.4 Å². The van der Waals surface area contributed by atoms with Crippen LogP contribution in [0.2, 0.25) is 0 Å². The van der Waals surface area contributed by atoms with E-state index in [1.165, 1.54) is 37.9 Å². The molecule has 4 aromatic rings. The third-order valence-electron chi connectivity index (χ3n) is 7.58. The maximum absolute atomic E-state index is 13.9.